The van der Waals surface area contributed by atoms with Gasteiger partial charge >= 0.3 is 17.9 Å². The predicted octanol–water partition coefficient (Wildman–Crippen LogP) is 24.5. The van der Waals surface area contributed by atoms with Crippen LogP contribution in [0.3, 0.4) is 0 Å². The van der Waals surface area contributed by atoms with Crippen LogP contribution in [0.5, 0.6) is 0 Å². The molecule has 0 heterocycles. The highest BCUT2D eigenvalue weighted by Gasteiger charge is 2.19. The lowest BCUT2D eigenvalue weighted by atomic mass is 10.0. The molecular weight excluding hydrogens is 985 g/mol. The van der Waals surface area contributed by atoms with E-state index in [4.69, 9.17) is 14.2 Å². The van der Waals surface area contributed by atoms with Crippen molar-refractivity contribution in [3.05, 3.63) is 48.6 Å². The van der Waals surface area contributed by atoms with Gasteiger partial charge in [0, 0.05) is 19.3 Å². The maximum atomic E-state index is 12.9. The predicted molar refractivity (Wildman–Crippen MR) is 349 cm³/mol. The third-order valence-corrected chi connectivity index (χ3v) is 16.0. The summed E-state index contributed by atoms with van der Waals surface area (Å²) in [4.78, 5) is 38.5. The standard InChI is InChI=1S/C74H136O6/c1-4-7-10-13-16-19-22-25-28-31-33-34-35-36-37-38-39-40-41-44-46-49-52-55-58-61-64-67-73(76)79-70-71(69-78-72(75)66-63-60-57-54-51-48-45-42-30-27-24-21-18-15-12-9-6-3)80-74(77)68-65-62-59-56-53-50-47-43-32-29-26-23-20-17-14-11-8-5-2/h22,25,27,29-33,71H,4-21,23-24,26,28,34-70H2,1-3H3/b25-22-,30-27-,32-29-,33-31-. The van der Waals surface area contributed by atoms with Crippen molar-refractivity contribution in [1.29, 1.82) is 0 Å². The second-order valence-corrected chi connectivity index (χ2v) is 24.1. The first-order chi connectivity index (χ1) is 39.5. The lowest BCUT2D eigenvalue weighted by molar-refractivity contribution is -0.167. The molecule has 0 radical (unpaired) electrons. The van der Waals surface area contributed by atoms with Crippen LogP contribution < -0.4 is 0 Å². The van der Waals surface area contributed by atoms with Gasteiger partial charge in [0.05, 0.1) is 0 Å². The van der Waals surface area contributed by atoms with Gasteiger partial charge in [-0.05, 0) is 103 Å². The fraction of sp³-hybridized carbons (Fsp3) is 0.851. The SMILES string of the molecule is CCCCCCC/C=C\C/C=C\CCCCCCCCCCCCCCCCCC(=O)OCC(COC(=O)CCCCCCCCC/C=C\CCCCCCCC)OC(=O)CCCCCCCCC/C=C\CCCCCCCCC. The van der Waals surface area contributed by atoms with E-state index in [1.54, 1.807) is 0 Å². The largest absolute Gasteiger partial charge is 0.462 e. The van der Waals surface area contributed by atoms with E-state index in [9.17, 15) is 14.4 Å². The minimum atomic E-state index is -0.777. The van der Waals surface area contributed by atoms with Crippen LogP contribution in [0.25, 0.3) is 0 Å². The van der Waals surface area contributed by atoms with E-state index in [0.717, 1.165) is 64.2 Å². The molecule has 6 nitrogen and oxygen atoms in total. The Bertz CT molecular complexity index is 1380. The molecule has 0 aromatic rings. The van der Waals surface area contributed by atoms with Crippen LogP contribution in [0.4, 0.5) is 0 Å². The zero-order chi connectivity index (χ0) is 57.8. The van der Waals surface area contributed by atoms with Crippen molar-refractivity contribution in [2.75, 3.05) is 13.2 Å². The van der Waals surface area contributed by atoms with Crippen molar-refractivity contribution >= 4 is 17.9 Å². The quantitative estimate of drug-likeness (QED) is 0.0261. The van der Waals surface area contributed by atoms with Gasteiger partial charge in [-0.25, -0.2) is 0 Å². The fourth-order valence-corrected chi connectivity index (χ4v) is 10.6. The topological polar surface area (TPSA) is 78.9 Å². The van der Waals surface area contributed by atoms with Gasteiger partial charge < -0.3 is 14.2 Å². The molecule has 0 saturated carbocycles. The van der Waals surface area contributed by atoms with Gasteiger partial charge in [-0.1, -0.05) is 313 Å². The van der Waals surface area contributed by atoms with Gasteiger partial charge in [0.2, 0.25) is 0 Å². The van der Waals surface area contributed by atoms with Crippen molar-refractivity contribution in [3.8, 4) is 0 Å². The Morgan fingerprint density at radius 1 is 0.250 bits per heavy atom. The van der Waals surface area contributed by atoms with E-state index in [1.165, 1.54) is 283 Å². The summed E-state index contributed by atoms with van der Waals surface area (Å²) in [6.45, 7) is 6.68. The molecular formula is C74H136O6. The first-order valence-electron chi connectivity index (χ1n) is 35.6. The Balaban J connectivity index is 4.28. The highest BCUT2D eigenvalue weighted by atomic mass is 16.6. The zero-order valence-electron chi connectivity index (χ0n) is 53.9. The summed E-state index contributed by atoms with van der Waals surface area (Å²) >= 11 is 0. The Morgan fingerprint density at radius 3 is 0.700 bits per heavy atom. The maximum Gasteiger partial charge on any atom is 0.306 e. The normalized spacial score (nSPS) is 12.3. The number of carbonyl (C=O) groups excluding carboxylic acids is 3. The summed E-state index contributed by atoms with van der Waals surface area (Å²) in [5.74, 6) is -0.856. The summed E-state index contributed by atoms with van der Waals surface area (Å²) in [6, 6.07) is 0. The van der Waals surface area contributed by atoms with Gasteiger partial charge in [-0.2, -0.15) is 0 Å². The molecule has 0 saturated heterocycles. The molecule has 1 atom stereocenters. The average molecular weight is 1120 g/mol. The Kier molecular flexibility index (Phi) is 66.6. The molecule has 468 valence electrons. The summed E-state index contributed by atoms with van der Waals surface area (Å²) in [5.41, 5.74) is 0. The average Bonchev–Trinajstić information content (AvgIpc) is 3.46. The molecule has 1 unspecified atom stereocenters. The fourth-order valence-electron chi connectivity index (χ4n) is 10.6. The number of esters is 3. The minimum absolute atomic E-state index is 0.0727. The molecule has 80 heavy (non-hydrogen) atoms. The molecule has 0 amide bonds. The summed E-state index contributed by atoms with van der Waals surface area (Å²) < 4.78 is 17.0. The Hall–Kier alpha value is -2.63. The lowest BCUT2D eigenvalue weighted by Gasteiger charge is -2.18. The Morgan fingerprint density at radius 2 is 0.450 bits per heavy atom. The number of allylic oxidation sites excluding steroid dienone is 8. The summed E-state index contributed by atoms with van der Waals surface area (Å²) in [6.07, 6.45) is 87.0. The van der Waals surface area contributed by atoms with Gasteiger partial charge in [0.25, 0.3) is 0 Å². The van der Waals surface area contributed by atoms with Crippen LogP contribution in [0.2, 0.25) is 0 Å². The molecule has 0 spiro atoms. The zero-order valence-corrected chi connectivity index (χ0v) is 53.9. The molecule has 0 N–H and O–H groups in total. The van der Waals surface area contributed by atoms with Crippen LogP contribution in [0.15, 0.2) is 48.6 Å². The molecule has 0 fully saturated rings. The maximum absolute atomic E-state index is 12.9. The summed E-state index contributed by atoms with van der Waals surface area (Å²) in [7, 11) is 0. The molecule has 0 bridgehead atoms. The van der Waals surface area contributed by atoms with Gasteiger partial charge in [-0.3, -0.25) is 14.4 Å². The van der Waals surface area contributed by atoms with E-state index < -0.39 is 6.10 Å². The van der Waals surface area contributed by atoms with E-state index in [2.05, 4.69) is 69.4 Å². The van der Waals surface area contributed by atoms with E-state index in [1.807, 2.05) is 0 Å². The monoisotopic (exact) mass is 1120 g/mol. The van der Waals surface area contributed by atoms with Gasteiger partial charge in [0.15, 0.2) is 6.10 Å². The van der Waals surface area contributed by atoms with E-state index in [0.29, 0.717) is 19.3 Å². The van der Waals surface area contributed by atoms with Crippen molar-refractivity contribution in [1.82, 2.24) is 0 Å². The van der Waals surface area contributed by atoms with E-state index in [-0.39, 0.29) is 31.1 Å². The molecule has 0 aliphatic carbocycles. The molecule has 0 aromatic carbocycles. The highest BCUT2D eigenvalue weighted by Crippen LogP contribution is 2.18. The number of hydrogen-bond donors (Lipinski definition) is 0. The van der Waals surface area contributed by atoms with Gasteiger partial charge in [0.1, 0.15) is 13.2 Å². The van der Waals surface area contributed by atoms with Gasteiger partial charge in [-0.15, -0.1) is 0 Å². The van der Waals surface area contributed by atoms with Crippen LogP contribution in [-0.4, -0.2) is 37.2 Å². The molecule has 0 rings (SSSR count). The molecule has 6 heteroatoms. The van der Waals surface area contributed by atoms with Crippen LogP contribution in [0.1, 0.15) is 387 Å². The third-order valence-electron chi connectivity index (χ3n) is 16.0. The van der Waals surface area contributed by atoms with Crippen molar-refractivity contribution in [2.24, 2.45) is 0 Å². The van der Waals surface area contributed by atoms with Crippen molar-refractivity contribution in [3.63, 3.8) is 0 Å². The van der Waals surface area contributed by atoms with Crippen molar-refractivity contribution in [2.45, 2.75) is 393 Å². The second-order valence-electron chi connectivity index (χ2n) is 24.1. The highest BCUT2D eigenvalue weighted by molar-refractivity contribution is 5.71. The van der Waals surface area contributed by atoms with Crippen LogP contribution in [0, 0.1) is 0 Å². The number of hydrogen-bond acceptors (Lipinski definition) is 6. The summed E-state index contributed by atoms with van der Waals surface area (Å²) in [5, 5.41) is 0. The van der Waals surface area contributed by atoms with Crippen molar-refractivity contribution < 1.29 is 28.6 Å². The molecule has 0 aliphatic heterocycles. The molecule has 0 aliphatic rings. The first-order valence-corrected chi connectivity index (χ1v) is 35.6. The lowest BCUT2D eigenvalue weighted by Crippen LogP contribution is -2.30. The minimum Gasteiger partial charge on any atom is -0.462 e. The smallest absolute Gasteiger partial charge is 0.306 e. The molecule has 0 aromatic heterocycles. The number of carbonyl (C=O) groups is 3. The number of ether oxygens (including phenoxy) is 3. The number of unbranched alkanes of at least 4 members (excludes halogenated alkanes) is 47. The van der Waals surface area contributed by atoms with E-state index >= 15 is 0 Å². The second kappa shape index (κ2) is 68.9. The third kappa shape index (κ3) is 66.2. The Labute approximate surface area is 498 Å². The van der Waals surface area contributed by atoms with Crippen LogP contribution >= 0.6 is 0 Å². The number of rotatable bonds is 66. The van der Waals surface area contributed by atoms with Crippen LogP contribution in [-0.2, 0) is 28.6 Å². The first kappa shape index (κ1) is 77.4.